The van der Waals surface area contributed by atoms with E-state index in [1.165, 1.54) is 0 Å². The van der Waals surface area contributed by atoms with Gasteiger partial charge < -0.3 is 11.1 Å². The van der Waals surface area contributed by atoms with Gasteiger partial charge in [0, 0.05) is 12.6 Å². The molecule has 0 atom stereocenters. The van der Waals surface area contributed by atoms with Crippen molar-refractivity contribution in [3.8, 4) is 0 Å². The molecule has 2 rings (SSSR count). The average molecular weight is 276 g/mol. The molecular weight excluding hydrogens is 262 g/mol. The molecule has 3 nitrogen and oxygen atoms in total. The number of aryl methyl sites for hydroxylation is 1. The normalized spacial score (nSPS) is 10.3. The fourth-order valence-corrected chi connectivity index (χ4v) is 1.82. The number of hydrogen-bond donors (Lipinski definition) is 2. The fraction of sp³-hybridized carbons (Fsp3) is 0.133. The minimum atomic E-state index is -0.931. The number of nitrogen functional groups attached to an aromatic ring is 1. The molecule has 2 aromatic carbocycles. The molecule has 104 valence electrons. The van der Waals surface area contributed by atoms with Crippen molar-refractivity contribution in [1.82, 2.24) is 5.32 Å². The smallest absolute Gasteiger partial charge is 0.254 e. The van der Waals surface area contributed by atoms with Gasteiger partial charge in [0.1, 0.15) is 11.6 Å². The number of anilines is 1. The summed E-state index contributed by atoms with van der Waals surface area (Å²) >= 11 is 0. The average Bonchev–Trinajstić information content (AvgIpc) is 2.41. The largest absolute Gasteiger partial charge is 0.396 e. The number of hydrogen-bond acceptors (Lipinski definition) is 2. The third-order valence-electron chi connectivity index (χ3n) is 3.03. The van der Waals surface area contributed by atoms with Crippen molar-refractivity contribution in [1.29, 1.82) is 0 Å². The van der Waals surface area contributed by atoms with Crippen LogP contribution in [0.1, 0.15) is 21.5 Å². The van der Waals surface area contributed by atoms with Gasteiger partial charge in [-0.15, -0.1) is 0 Å². The summed E-state index contributed by atoms with van der Waals surface area (Å²) in [6.45, 7) is 2.18. The van der Waals surface area contributed by atoms with E-state index >= 15 is 0 Å². The van der Waals surface area contributed by atoms with Gasteiger partial charge in [0.05, 0.1) is 11.3 Å². The summed E-state index contributed by atoms with van der Waals surface area (Å²) in [5.74, 6) is -2.44. The van der Waals surface area contributed by atoms with Crippen LogP contribution in [0.4, 0.5) is 14.5 Å². The predicted molar refractivity (Wildman–Crippen MR) is 73.1 cm³/mol. The van der Waals surface area contributed by atoms with E-state index in [1.54, 1.807) is 0 Å². The van der Waals surface area contributed by atoms with Crippen LogP contribution in [0.15, 0.2) is 36.4 Å². The quantitative estimate of drug-likeness (QED) is 0.847. The molecule has 0 aliphatic heterocycles. The van der Waals surface area contributed by atoms with Gasteiger partial charge >= 0.3 is 0 Å². The van der Waals surface area contributed by atoms with Crippen LogP contribution < -0.4 is 11.1 Å². The van der Waals surface area contributed by atoms with E-state index < -0.39 is 17.5 Å². The first-order chi connectivity index (χ1) is 9.49. The van der Waals surface area contributed by atoms with Gasteiger partial charge in [-0.2, -0.15) is 0 Å². The third-order valence-corrected chi connectivity index (χ3v) is 3.03. The zero-order chi connectivity index (χ0) is 14.7. The molecule has 0 aliphatic carbocycles. The molecule has 5 heteroatoms. The molecule has 0 aliphatic rings. The van der Waals surface area contributed by atoms with Crippen molar-refractivity contribution in [3.63, 3.8) is 0 Å². The Morgan fingerprint density at radius 1 is 1.20 bits per heavy atom. The van der Waals surface area contributed by atoms with Crippen LogP contribution in [0.3, 0.4) is 0 Å². The summed E-state index contributed by atoms with van der Waals surface area (Å²) in [7, 11) is 0. The third kappa shape index (κ3) is 2.93. The first-order valence-electron chi connectivity index (χ1n) is 6.06. The minimum Gasteiger partial charge on any atom is -0.396 e. The van der Waals surface area contributed by atoms with Crippen LogP contribution in [0.2, 0.25) is 0 Å². The lowest BCUT2D eigenvalue weighted by Crippen LogP contribution is -2.24. The molecule has 0 bridgehead atoms. The summed E-state index contributed by atoms with van der Waals surface area (Å²) in [5, 5.41) is 2.59. The molecule has 3 N–H and O–H groups in total. The van der Waals surface area contributed by atoms with Crippen molar-refractivity contribution in [2.24, 2.45) is 0 Å². The SMILES string of the molecule is Cc1ccccc1CNC(=O)c1cc(N)c(F)cc1F. The summed E-state index contributed by atoms with van der Waals surface area (Å²) in [6, 6.07) is 9.13. The van der Waals surface area contributed by atoms with Crippen LogP contribution >= 0.6 is 0 Å². The van der Waals surface area contributed by atoms with Gasteiger partial charge in [-0.05, 0) is 24.1 Å². The van der Waals surface area contributed by atoms with Gasteiger partial charge in [-0.1, -0.05) is 24.3 Å². The van der Waals surface area contributed by atoms with Gasteiger partial charge in [-0.3, -0.25) is 4.79 Å². The van der Waals surface area contributed by atoms with Gasteiger partial charge in [0.25, 0.3) is 5.91 Å². The zero-order valence-corrected chi connectivity index (χ0v) is 10.9. The second-order valence-corrected chi connectivity index (χ2v) is 4.46. The molecule has 1 amide bonds. The van der Waals surface area contributed by atoms with Gasteiger partial charge in [0.15, 0.2) is 0 Å². The lowest BCUT2D eigenvalue weighted by molar-refractivity contribution is 0.0947. The Morgan fingerprint density at radius 2 is 1.90 bits per heavy atom. The number of carbonyl (C=O) groups is 1. The molecule has 20 heavy (non-hydrogen) atoms. The lowest BCUT2D eigenvalue weighted by atomic mass is 10.1. The Bertz CT molecular complexity index is 656. The molecule has 0 spiro atoms. The summed E-state index contributed by atoms with van der Waals surface area (Å²) < 4.78 is 26.6. The highest BCUT2D eigenvalue weighted by Gasteiger charge is 2.14. The lowest BCUT2D eigenvalue weighted by Gasteiger charge is -2.09. The van der Waals surface area contributed by atoms with E-state index in [9.17, 15) is 13.6 Å². The zero-order valence-electron chi connectivity index (χ0n) is 10.9. The van der Waals surface area contributed by atoms with Crippen molar-refractivity contribution in [2.45, 2.75) is 13.5 Å². The highest BCUT2D eigenvalue weighted by atomic mass is 19.1. The standard InChI is InChI=1S/C15H14F2N2O/c1-9-4-2-3-5-10(9)8-19-15(20)11-6-14(18)13(17)7-12(11)16/h2-7H,8,18H2,1H3,(H,19,20). The predicted octanol–water partition coefficient (Wildman–Crippen LogP) is 2.79. The maximum absolute atomic E-state index is 13.5. The number of nitrogens with one attached hydrogen (secondary N) is 1. The van der Waals surface area contributed by atoms with Crippen LogP contribution in [0.5, 0.6) is 0 Å². The van der Waals surface area contributed by atoms with Crippen LogP contribution in [-0.2, 0) is 6.54 Å². The minimum absolute atomic E-state index is 0.257. The number of nitrogens with two attached hydrogens (primary N) is 1. The first kappa shape index (κ1) is 14.0. The Labute approximate surface area is 115 Å². The fourth-order valence-electron chi connectivity index (χ4n) is 1.82. The van der Waals surface area contributed by atoms with E-state index in [4.69, 9.17) is 5.73 Å². The highest BCUT2D eigenvalue weighted by molar-refractivity contribution is 5.95. The topological polar surface area (TPSA) is 55.1 Å². The van der Waals surface area contributed by atoms with Crippen LogP contribution in [0.25, 0.3) is 0 Å². The van der Waals surface area contributed by atoms with E-state index in [0.717, 1.165) is 17.2 Å². The van der Waals surface area contributed by atoms with Crippen molar-refractivity contribution >= 4 is 11.6 Å². The maximum Gasteiger partial charge on any atom is 0.254 e. The van der Waals surface area contributed by atoms with E-state index in [0.29, 0.717) is 6.07 Å². The van der Waals surface area contributed by atoms with Crippen LogP contribution in [0, 0.1) is 18.6 Å². The summed E-state index contributed by atoms with van der Waals surface area (Å²) in [6.07, 6.45) is 0. The molecule has 0 aromatic heterocycles. The molecule has 0 saturated heterocycles. The summed E-state index contributed by atoms with van der Waals surface area (Å²) in [5.41, 5.74) is 6.76. The van der Waals surface area contributed by atoms with E-state index in [2.05, 4.69) is 5.32 Å². The molecular formula is C15H14F2N2O. The van der Waals surface area contributed by atoms with Gasteiger partial charge in [-0.25, -0.2) is 8.78 Å². The molecule has 0 heterocycles. The van der Waals surface area contributed by atoms with E-state index in [-0.39, 0.29) is 17.8 Å². The Morgan fingerprint density at radius 3 is 2.60 bits per heavy atom. The molecule has 2 aromatic rings. The number of carbonyl (C=O) groups excluding carboxylic acids is 1. The van der Waals surface area contributed by atoms with Crippen molar-refractivity contribution in [2.75, 3.05) is 5.73 Å². The van der Waals surface area contributed by atoms with Crippen molar-refractivity contribution < 1.29 is 13.6 Å². The second kappa shape index (κ2) is 5.69. The Hall–Kier alpha value is -2.43. The second-order valence-electron chi connectivity index (χ2n) is 4.46. The first-order valence-corrected chi connectivity index (χ1v) is 6.06. The number of halogens is 2. The Balaban J connectivity index is 2.13. The number of rotatable bonds is 3. The maximum atomic E-state index is 13.5. The number of benzene rings is 2. The molecule has 0 unspecified atom stereocenters. The summed E-state index contributed by atoms with van der Waals surface area (Å²) in [4.78, 5) is 11.9. The van der Waals surface area contributed by atoms with Crippen molar-refractivity contribution in [3.05, 3.63) is 64.7 Å². The monoisotopic (exact) mass is 276 g/mol. The molecule has 0 saturated carbocycles. The molecule has 0 fully saturated rings. The highest BCUT2D eigenvalue weighted by Crippen LogP contribution is 2.16. The van der Waals surface area contributed by atoms with Gasteiger partial charge in [0.2, 0.25) is 0 Å². The van der Waals surface area contributed by atoms with E-state index in [1.807, 2.05) is 31.2 Å². The number of amides is 1. The van der Waals surface area contributed by atoms with Crippen LogP contribution in [-0.4, -0.2) is 5.91 Å². The molecule has 0 radical (unpaired) electrons. The Kier molecular flexibility index (Phi) is 3.98.